The Morgan fingerprint density at radius 3 is 2.48 bits per heavy atom. The highest BCUT2D eigenvalue weighted by Gasteiger charge is 2.26. The van der Waals surface area contributed by atoms with Gasteiger partial charge in [-0.1, -0.05) is 17.7 Å². The van der Waals surface area contributed by atoms with Crippen LogP contribution in [0.4, 0.5) is 15.8 Å². The first-order valence-electron chi connectivity index (χ1n) is 8.82. The zero-order valence-electron chi connectivity index (χ0n) is 15.5. The molecule has 0 radical (unpaired) electrons. The molecule has 0 saturated heterocycles. The van der Waals surface area contributed by atoms with E-state index in [0.29, 0.717) is 16.4 Å². The molecule has 0 saturated carbocycles. The number of carbonyl (C=O) groups excluding carboxylic acids is 3. The number of carbonyl (C=O) groups is 3. The molecule has 0 bridgehead atoms. The van der Waals surface area contributed by atoms with Gasteiger partial charge in [0.2, 0.25) is 11.8 Å². The third-order valence-corrected chi connectivity index (χ3v) is 4.63. The summed E-state index contributed by atoms with van der Waals surface area (Å²) in [5, 5.41) is 10.7. The summed E-state index contributed by atoms with van der Waals surface area (Å²) in [6.07, 6.45) is 0.205. The zero-order valence-corrected chi connectivity index (χ0v) is 16.3. The van der Waals surface area contributed by atoms with Gasteiger partial charge < -0.3 is 10.6 Å². The standard InChI is InChI=1S/C20H18ClFN4O3/c1-12-2-5-15(10-16(12)21)23-18(27)11-26-19(28)9-8-17(25-26)20(29)24-14-6-3-13(22)4-7-14/h2-7,10H,8-9,11H2,1H3,(H,23,27)(H,24,29). The molecule has 2 aromatic rings. The summed E-state index contributed by atoms with van der Waals surface area (Å²) in [5.41, 5.74) is 1.88. The Bertz CT molecular complexity index is 992. The molecule has 7 nitrogen and oxygen atoms in total. The normalized spacial score (nSPS) is 13.7. The predicted molar refractivity (Wildman–Crippen MR) is 108 cm³/mol. The van der Waals surface area contributed by atoms with Crippen molar-refractivity contribution >= 4 is 46.4 Å². The van der Waals surface area contributed by atoms with Crippen LogP contribution in [0.3, 0.4) is 0 Å². The highest BCUT2D eigenvalue weighted by Crippen LogP contribution is 2.20. The van der Waals surface area contributed by atoms with Gasteiger partial charge in [-0.2, -0.15) is 5.10 Å². The van der Waals surface area contributed by atoms with Crippen molar-refractivity contribution in [3.8, 4) is 0 Å². The smallest absolute Gasteiger partial charge is 0.271 e. The number of amides is 3. The second-order valence-corrected chi connectivity index (χ2v) is 6.88. The van der Waals surface area contributed by atoms with E-state index < -0.39 is 17.6 Å². The molecule has 0 spiro atoms. The van der Waals surface area contributed by atoms with Gasteiger partial charge in [-0.3, -0.25) is 14.4 Å². The molecular formula is C20H18ClFN4O3. The molecule has 29 heavy (non-hydrogen) atoms. The maximum absolute atomic E-state index is 13.0. The summed E-state index contributed by atoms with van der Waals surface area (Å²) >= 11 is 6.04. The van der Waals surface area contributed by atoms with Crippen LogP contribution in [-0.4, -0.2) is 35.0 Å². The van der Waals surface area contributed by atoms with E-state index in [0.717, 1.165) is 10.6 Å². The van der Waals surface area contributed by atoms with Crippen molar-refractivity contribution in [1.82, 2.24) is 5.01 Å². The van der Waals surface area contributed by atoms with E-state index in [-0.39, 0.29) is 31.0 Å². The number of hydrazone groups is 1. The quantitative estimate of drug-likeness (QED) is 0.783. The Morgan fingerprint density at radius 1 is 1.10 bits per heavy atom. The summed E-state index contributed by atoms with van der Waals surface area (Å²) < 4.78 is 13.0. The monoisotopic (exact) mass is 416 g/mol. The molecule has 0 fully saturated rings. The van der Waals surface area contributed by atoms with Crippen molar-refractivity contribution in [2.75, 3.05) is 17.2 Å². The highest BCUT2D eigenvalue weighted by molar-refractivity contribution is 6.43. The summed E-state index contributed by atoms with van der Waals surface area (Å²) in [6.45, 7) is 1.51. The minimum Gasteiger partial charge on any atom is -0.324 e. The number of hydrogen-bond donors (Lipinski definition) is 2. The maximum Gasteiger partial charge on any atom is 0.271 e. The van der Waals surface area contributed by atoms with Crippen LogP contribution >= 0.6 is 11.6 Å². The number of rotatable bonds is 5. The summed E-state index contributed by atoms with van der Waals surface area (Å²) in [7, 11) is 0. The SMILES string of the molecule is Cc1ccc(NC(=O)CN2N=C(C(=O)Nc3ccc(F)cc3)CCC2=O)cc1Cl. The van der Waals surface area contributed by atoms with Gasteiger partial charge in [0.1, 0.15) is 18.1 Å². The van der Waals surface area contributed by atoms with Crippen molar-refractivity contribution < 1.29 is 18.8 Å². The minimum absolute atomic E-state index is 0.0549. The first-order valence-corrected chi connectivity index (χ1v) is 9.20. The van der Waals surface area contributed by atoms with E-state index in [1.165, 1.54) is 24.3 Å². The van der Waals surface area contributed by atoms with E-state index in [1.54, 1.807) is 18.2 Å². The minimum atomic E-state index is -0.514. The first kappa shape index (κ1) is 20.5. The van der Waals surface area contributed by atoms with Crippen LogP contribution in [0.15, 0.2) is 47.6 Å². The Kier molecular flexibility index (Phi) is 6.23. The summed E-state index contributed by atoms with van der Waals surface area (Å²) in [5.74, 6) is -1.77. The van der Waals surface area contributed by atoms with E-state index in [9.17, 15) is 18.8 Å². The number of nitrogens with zero attached hydrogens (tertiary/aromatic N) is 2. The van der Waals surface area contributed by atoms with Crippen molar-refractivity contribution in [3.63, 3.8) is 0 Å². The third kappa shape index (κ3) is 5.39. The fraction of sp³-hybridized carbons (Fsp3) is 0.200. The molecule has 1 heterocycles. The van der Waals surface area contributed by atoms with Crippen LogP contribution in [0.2, 0.25) is 5.02 Å². The average molecular weight is 417 g/mol. The van der Waals surface area contributed by atoms with E-state index in [4.69, 9.17) is 11.6 Å². The second-order valence-electron chi connectivity index (χ2n) is 6.47. The molecule has 2 N–H and O–H groups in total. The van der Waals surface area contributed by atoms with E-state index >= 15 is 0 Å². The van der Waals surface area contributed by atoms with Gasteiger partial charge in [-0.25, -0.2) is 9.40 Å². The molecule has 150 valence electrons. The van der Waals surface area contributed by atoms with Gasteiger partial charge >= 0.3 is 0 Å². The molecule has 2 aromatic carbocycles. The van der Waals surface area contributed by atoms with Gasteiger partial charge in [-0.15, -0.1) is 0 Å². The lowest BCUT2D eigenvalue weighted by molar-refractivity contribution is -0.135. The number of aryl methyl sites for hydroxylation is 1. The van der Waals surface area contributed by atoms with Gasteiger partial charge in [0.25, 0.3) is 5.91 Å². The van der Waals surface area contributed by atoms with Crippen molar-refractivity contribution in [2.45, 2.75) is 19.8 Å². The molecule has 3 amide bonds. The van der Waals surface area contributed by atoms with E-state index in [1.807, 2.05) is 6.92 Å². The summed E-state index contributed by atoms with van der Waals surface area (Å²) in [6, 6.07) is 10.3. The van der Waals surface area contributed by atoms with Crippen molar-refractivity contribution in [3.05, 3.63) is 58.9 Å². The molecule has 1 aliphatic heterocycles. The molecule has 9 heteroatoms. The van der Waals surface area contributed by atoms with Crippen LogP contribution < -0.4 is 10.6 Å². The van der Waals surface area contributed by atoms with Crippen LogP contribution in [0.5, 0.6) is 0 Å². The Balaban J connectivity index is 1.65. The molecule has 0 aliphatic carbocycles. The van der Waals surface area contributed by atoms with Crippen LogP contribution in [0, 0.1) is 12.7 Å². The largest absolute Gasteiger partial charge is 0.324 e. The Morgan fingerprint density at radius 2 is 1.79 bits per heavy atom. The molecular weight excluding hydrogens is 399 g/mol. The maximum atomic E-state index is 13.0. The molecule has 0 aromatic heterocycles. The topological polar surface area (TPSA) is 90.9 Å². The Labute approximate surface area is 171 Å². The average Bonchev–Trinajstić information content (AvgIpc) is 2.68. The molecule has 0 unspecified atom stereocenters. The van der Waals surface area contributed by atoms with Gasteiger partial charge in [0.15, 0.2) is 0 Å². The fourth-order valence-corrected chi connectivity index (χ4v) is 2.81. The predicted octanol–water partition coefficient (Wildman–Crippen LogP) is 3.34. The third-order valence-electron chi connectivity index (χ3n) is 4.22. The number of anilines is 2. The molecule has 1 aliphatic rings. The second kappa shape index (κ2) is 8.83. The lowest BCUT2D eigenvalue weighted by Crippen LogP contribution is -2.40. The fourth-order valence-electron chi connectivity index (χ4n) is 2.63. The highest BCUT2D eigenvalue weighted by atomic mass is 35.5. The van der Waals surface area contributed by atoms with Crippen molar-refractivity contribution in [1.29, 1.82) is 0 Å². The number of nitrogens with one attached hydrogen (secondary N) is 2. The number of halogens is 2. The van der Waals surface area contributed by atoms with Gasteiger partial charge in [-0.05, 0) is 48.9 Å². The lowest BCUT2D eigenvalue weighted by Gasteiger charge is -2.22. The molecule has 3 rings (SSSR count). The zero-order chi connectivity index (χ0) is 21.0. The van der Waals surface area contributed by atoms with Gasteiger partial charge in [0.05, 0.1) is 0 Å². The van der Waals surface area contributed by atoms with Crippen molar-refractivity contribution in [2.24, 2.45) is 5.10 Å². The van der Waals surface area contributed by atoms with Gasteiger partial charge in [0, 0.05) is 29.2 Å². The molecule has 0 atom stereocenters. The summed E-state index contributed by atoms with van der Waals surface area (Å²) in [4.78, 5) is 36.7. The first-order chi connectivity index (χ1) is 13.8. The van der Waals surface area contributed by atoms with Crippen LogP contribution in [-0.2, 0) is 14.4 Å². The number of hydrogen-bond acceptors (Lipinski definition) is 4. The van der Waals surface area contributed by atoms with Crippen LogP contribution in [0.1, 0.15) is 18.4 Å². The Hall–Kier alpha value is -3.26. The van der Waals surface area contributed by atoms with E-state index in [2.05, 4.69) is 15.7 Å². The van der Waals surface area contributed by atoms with Crippen LogP contribution in [0.25, 0.3) is 0 Å². The number of benzene rings is 2. The lowest BCUT2D eigenvalue weighted by atomic mass is 10.1.